The monoisotopic (exact) mass is 110 g/mol. The molecular formula is CH2O2Zn. The largest absolute Gasteiger partial charge is 2.00 e. The fraction of sp³-hybridized carbons (Fsp3) is 1.00. The van der Waals surface area contributed by atoms with Crippen LogP contribution < -0.4 is 10.2 Å². The van der Waals surface area contributed by atoms with Gasteiger partial charge in [-0.05, 0) is 0 Å². The van der Waals surface area contributed by atoms with Crippen molar-refractivity contribution in [2.75, 3.05) is 6.79 Å². The van der Waals surface area contributed by atoms with Gasteiger partial charge in [0.2, 0.25) is 0 Å². The molecule has 0 bridgehead atoms. The van der Waals surface area contributed by atoms with E-state index in [2.05, 4.69) is 0 Å². The van der Waals surface area contributed by atoms with Crippen molar-refractivity contribution in [2.24, 2.45) is 0 Å². The Hall–Kier alpha value is 0.543. The first-order valence-corrected chi connectivity index (χ1v) is 0.577. The molecule has 3 heteroatoms. The van der Waals surface area contributed by atoms with E-state index in [0.717, 1.165) is 0 Å². The topological polar surface area (TPSA) is 46.1 Å². The smallest absolute Gasteiger partial charge is 0.868 e. The molecule has 0 amide bonds. The summed E-state index contributed by atoms with van der Waals surface area (Å²) in [4.78, 5) is 0. The van der Waals surface area contributed by atoms with Crippen LogP contribution in [0.1, 0.15) is 0 Å². The minimum Gasteiger partial charge on any atom is -0.868 e. The molecule has 0 unspecified atom stereocenters. The molecule has 0 saturated heterocycles. The van der Waals surface area contributed by atoms with Crippen LogP contribution in [0, 0.1) is 0 Å². The summed E-state index contributed by atoms with van der Waals surface area (Å²) in [5, 5.41) is 16.8. The van der Waals surface area contributed by atoms with Gasteiger partial charge in [0, 0.05) is 0 Å². The van der Waals surface area contributed by atoms with Gasteiger partial charge in [-0.25, -0.2) is 6.79 Å². The molecule has 0 fully saturated rings. The molecule has 0 saturated carbocycles. The van der Waals surface area contributed by atoms with Gasteiger partial charge >= 0.3 is 19.5 Å². The van der Waals surface area contributed by atoms with Crippen LogP contribution in [0.5, 0.6) is 0 Å². The maximum absolute atomic E-state index is 8.38. The van der Waals surface area contributed by atoms with Crippen LogP contribution in [0.15, 0.2) is 0 Å². The molecule has 0 aliphatic heterocycles. The van der Waals surface area contributed by atoms with Gasteiger partial charge in [0.15, 0.2) is 0 Å². The van der Waals surface area contributed by atoms with Crippen LogP contribution in [0.2, 0.25) is 0 Å². The second-order valence-corrected chi connectivity index (χ2v) is 0.118. The molecule has 2 nitrogen and oxygen atoms in total. The molecule has 0 rings (SSSR count). The third-order valence-corrected chi connectivity index (χ3v) is 0. The van der Waals surface area contributed by atoms with Crippen molar-refractivity contribution in [1.82, 2.24) is 0 Å². The van der Waals surface area contributed by atoms with Crippen molar-refractivity contribution in [1.29, 1.82) is 0 Å². The second-order valence-electron chi connectivity index (χ2n) is 0.118. The van der Waals surface area contributed by atoms with Crippen molar-refractivity contribution < 1.29 is 29.7 Å². The Kier molecular flexibility index (Phi) is 21.2. The molecule has 0 aliphatic rings. The number of hydrogen-bond acceptors (Lipinski definition) is 2. The Morgan fingerprint density at radius 3 is 1.25 bits per heavy atom. The van der Waals surface area contributed by atoms with Crippen molar-refractivity contribution in [2.45, 2.75) is 0 Å². The fourth-order valence-electron chi connectivity index (χ4n) is 0. The summed E-state index contributed by atoms with van der Waals surface area (Å²) in [6.45, 7) is -1.25. The average molecular weight is 111 g/mol. The zero-order chi connectivity index (χ0) is 2.71. The van der Waals surface area contributed by atoms with E-state index in [1.165, 1.54) is 0 Å². The van der Waals surface area contributed by atoms with E-state index < -0.39 is 6.79 Å². The fourth-order valence-corrected chi connectivity index (χ4v) is 0. The maximum atomic E-state index is 8.38. The summed E-state index contributed by atoms with van der Waals surface area (Å²) >= 11 is 0. The van der Waals surface area contributed by atoms with Gasteiger partial charge in [0.25, 0.3) is 0 Å². The predicted molar refractivity (Wildman–Crippen MR) is 4.87 cm³/mol. The molecule has 20 valence electrons. The van der Waals surface area contributed by atoms with Crippen LogP contribution in [-0.4, -0.2) is 6.79 Å². The van der Waals surface area contributed by atoms with Crippen LogP contribution in [0.4, 0.5) is 0 Å². The van der Waals surface area contributed by atoms with Gasteiger partial charge in [-0.2, -0.15) is 0 Å². The third-order valence-electron chi connectivity index (χ3n) is 0. The summed E-state index contributed by atoms with van der Waals surface area (Å²) < 4.78 is 0. The molecular weight excluding hydrogens is 109 g/mol. The first kappa shape index (κ1) is 8.82. The molecule has 0 heterocycles. The van der Waals surface area contributed by atoms with Crippen molar-refractivity contribution in [3.63, 3.8) is 0 Å². The molecule has 0 atom stereocenters. The van der Waals surface area contributed by atoms with Crippen molar-refractivity contribution in [3.05, 3.63) is 0 Å². The van der Waals surface area contributed by atoms with E-state index in [1.54, 1.807) is 0 Å². The molecule has 0 aromatic heterocycles. The Morgan fingerprint density at radius 1 is 1.25 bits per heavy atom. The minimum atomic E-state index is -1.25. The zero-order valence-corrected chi connectivity index (χ0v) is 5.20. The first-order valence-electron chi connectivity index (χ1n) is 0.577. The van der Waals surface area contributed by atoms with Gasteiger partial charge < -0.3 is 10.2 Å². The number of hydrogen-bond donors (Lipinski definition) is 0. The Balaban J connectivity index is 0. The van der Waals surface area contributed by atoms with Crippen LogP contribution in [0.25, 0.3) is 0 Å². The minimum absolute atomic E-state index is 0. The van der Waals surface area contributed by atoms with Gasteiger partial charge in [-0.1, -0.05) is 0 Å². The third kappa shape index (κ3) is 20.5. The maximum Gasteiger partial charge on any atom is 2.00 e. The van der Waals surface area contributed by atoms with E-state index in [1.807, 2.05) is 0 Å². The molecule has 0 aliphatic carbocycles. The van der Waals surface area contributed by atoms with Gasteiger partial charge in [-0.3, -0.25) is 0 Å². The molecule has 0 N–H and O–H groups in total. The molecule has 0 aromatic rings. The van der Waals surface area contributed by atoms with Crippen LogP contribution in [-0.2, 0) is 19.5 Å². The standard InChI is InChI=1S/CH2O2.Zn/c2-1-3;/h1H2;/q-2;+2. The molecule has 0 spiro atoms. The van der Waals surface area contributed by atoms with Gasteiger partial charge in [0.1, 0.15) is 0 Å². The first-order chi connectivity index (χ1) is 1.41. The summed E-state index contributed by atoms with van der Waals surface area (Å²) in [6.07, 6.45) is 0. The Bertz CT molecular complexity index is 6.00. The van der Waals surface area contributed by atoms with E-state index in [-0.39, 0.29) is 19.5 Å². The van der Waals surface area contributed by atoms with Crippen molar-refractivity contribution in [3.8, 4) is 0 Å². The quantitative estimate of drug-likeness (QED) is 0.260. The Labute approximate surface area is 37.2 Å². The van der Waals surface area contributed by atoms with E-state index in [4.69, 9.17) is 10.2 Å². The molecule has 0 radical (unpaired) electrons. The summed E-state index contributed by atoms with van der Waals surface area (Å²) in [5.41, 5.74) is 0. The van der Waals surface area contributed by atoms with Gasteiger partial charge in [-0.15, -0.1) is 0 Å². The van der Waals surface area contributed by atoms with Crippen molar-refractivity contribution >= 4 is 0 Å². The van der Waals surface area contributed by atoms with E-state index in [9.17, 15) is 0 Å². The van der Waals surface area contributed by atoms with E-state index in [0.29, 0.717) is 0 Å². The summed E-state index contributed by atoms with van der Waals surface area (Å²) in [6, 6.07) is 0. The normalized spacial score (nSPS) is 4.50. The SMILES string of the molecule is [O-]C[O-].[Zn+2]. The van der Waals surface area contributed by atoms with Crippen LogP contribution in [0.3, 0.4) is 0 Å². The average Bonchev–Trinajstić information content (AvgIpc) is 0.918. The second kappa shape index (κ2) is 9.62. The number of rotatable bonds is 0. The van der Waals surface area contributed by atoms with Crippen LogP contribution >= 0.6 is 0 Å². The summed E-state index contributed by atoms with van der Waals surface area (Å²) in [7, 11) is 0. The zero-order valence-electron chi connectivity index (χ0n) is 2.23. The van der Waals surface area contributed by atoms with Gasteiger partial charge in [0.05, 0.1) is 0 Å². The Morgan fingerprint density at radius 2 is 1.25 bits per heavy atom. The predicted octanol–water partition coefficient (Wildman–Crippen LogP) is -2.34. The molecule has 0 aromatic carbocycles. The molecule has 4 heavy (non-hydrogen) atoms. The summed E-state index contributed by atoms with van der Waals surface area (Å²) in [5.74, 6) is 0. The van der Waals surface area contributed by atoms with E-state index >= 15 is 0 Å².